The van der Waals surface area contributed by atoms with E-state index in [2.05, 4.69) is 15.5 Å². The van der Waals surface area contributed by atoms with Gasteiger partial charge < -0.3 is 10.2 Å². The predicted molar refractivity (Wildman–Crippen MR) is 90.8 cm³/mol. The number of aromatic nitrogens is 2. The molecule has 25 heavy (non-hydrogen) atoms. The minimum atomic E-state index is -0.723. The molecule has 0 aromatic carbocycles. The molecule has 2 saturated heterocycles. The fourth-order valence-corrected chi connectivity index (χ4v) is 3.64. The first kappa shape index (κ1) is 17.4. The number of hydrogen-bond donors (Lipinski definition) is 2. The van der Waals surface area contributed by atoms with Gasteiger partial charge in [-0.3, -0.25) is 19.6 Å². The maximum atomic E-state index is 12.5. The predicted octanol–water partition coefficient (Wildman–Crippen LogP) is 1.14. The van der Waals surface area contributed by atoms with Crippen LogP contribution in [0.25, 0.3) is 0 Å². The smallest absolute Gasteiger partial charge is 0.324 e. The Bertz CT molecular complexity index is 663. The third kappa shape index (κ3) is 3.52. The lowest BCUT2D eigenvalue weighted by atomic mass is 9.91. The molecule has 0 radical (unpaired) electrons. The number of piperidine rings is 1. The fourth-order valence-electron chi connectivity index (χ4n) is 3.64. The van der Waals surface area contributed by atoms with Gasteiger partial charge >= 0.3 is 6.03 Å². The van der Waals surface area contributed by atoms with Crippen molar-refractivity contribution in [3.05, 3.63) is 17.5 Å². The third-order valence-corrected chi connectivity index (χ3v) is 5.06. The van der Waals surface area contributed by atoms with E-state index in [4.69, 9.17) is 0 Å². The standard InChI is InChI=1S/C17H25N5O3/c1-3-6-22-16(24)13(19-17(22)25)9-14(23)21-7-4-12(5-8-21)15-11(2)10-18-20-15/h10,12-13H,3-9H2,1-2H3,(H,18,20)(H,19,25)/t13-/m0/s1. The molecule has 1 aromatic rings. The van der Waals surface area contributed by atoms with E-state index in [1.165, 1.54) is 4.90 Å². The molecule has 2 N–H and O–H groups in total. The van der Waals surface area contributed by atoms with Crippen molar-refractivity contribution in [3.8, 4) is 0 Å². The Labute approximate surface area is 146 Å². The van der Waals surface area contributed by atoms with Crippen molar-refractivity contribution in [2.45, 2.75) is 51.5 Å². The van der Waals surface area contributed by atoms with E-state index < -0.39 is 12.1 Å². The van der Waals surface area contributed by atoms with Gasteiger partial charge in [0.05, 0.1) is 12.6 Å². The highest BCUT2D eigenvalue weighted by molar-refractivity contribution is 6.05. The van der Waals surface area contributed by atoms with Gasteiger partial charge in [-0.25, -0.2) is 4.79 Å². The summed E-state index contributed by atoms with van der Waals surface area (Å²) in [5.41, 5.74) is 2.31. The molecule has 8 heteroatoms. The zero-order chi connectivity index (χ0) is 18.0. The first-order valence-electron chi connectivity index (χ1n) is 8.90. The van der Waals surface area contributed by atoms with E-state index in [-0.39, 0.29) is 18.2 Å². The highest BCUT2D eigenvalue weighted by Crippen LogP contribution is 2.28. The van der Waals surface area contributed by atoms with Gasteiger partial charge in [0, 0.05) is 31.2 Å². The summed E-state index contributed by atoms with van der Waals surface area (Å²) in [6.45, 7) is 5.66. The monoisotopic (exact) mass is 347 g/mol. The van der Waals surface area contributed by atoms with Gasteiger partial charge in [0.25, 0.3) is 5.91 Å². The second-order valence-electron chi connectivity index (χ2n) is 6.82. The molecule has 2 fully saturated rings. The van der Waals surface area contributed by atoms with Crippen molar-refractivity contribution < 1.29 is 14.4 Å². The fraction of sp³-hybridized carbons (Fsp3) is 0.647. The third-order valence-electron chi connectivity index (χ3n) is 5.06. The van der Waals surface area contributed by atoms with Crippen molar-refractivity contribution in [1.29, 1.82) is 0 Å². The number of aryl methyl sites for hydroxylation is 1. The summed E-state index contributed by atoms with van der Waals surface area (Å²) in [5.74, 6) is 0.0272. The average Bonchev–Trinajstić information content (AvgIpc) is 3.14. The van der Waals surface area contributed by atoms with Crippen molar-refractivity contribution in [3.63, 3.8) is 0 Å². The van der Waals surface area contributed by atoms with Gasteiger partial charge in [0.2, 0.25) is 5.91 Å². The molecule has 0 aliphatic carbocycles. The van der Waals surface area contributed by atoms with Crippen LogP contribution >= 0.6 is 0 Å². The number of carbonyl (C=O) groups excluding carboxylic acids is 3. The first-order valence-corrected chi connectivity index (χ1v) is 8.90. The molecule has 136 valence electrons. The minimum Gasteiger partial charge on any atom is -0.343 e. The van der Waals surface area contributed by atoms with Crippen LogP contribution in [0.3, 0.4) is 0 Å². The summed E-state index contributed by atoms with van der Waals surface area (Å²) in [6.07, 6.45) is 4.33. The molecule has 3 rings (SSSR count). The van der Waals surface area contributed by atoms with Gasteiger partial charge in [-0.15, -0.1) is 0 Å². The Morgan fingerprint density at radius 3 is 2.64 bits per heavy atom. The SMILES string of the molecule is CCCN1C(=O)N[C@@H](CC(=O)N2CCC(c3[nH]ncc3C)CC2)C1=O. The lowest BCUT2D eigenvalue weighted by molar-refractivity contribution is -0.136. The van der Waals surface area contributed by atoms with E-state index in [1.54, 1.807) is 4.90 Å². The number of urea groups is 1. The van der Waals surface area contributed by atoms with Gasteiger partial charge in [-0.05, 0) is 31.7 Å². The minimum absolute atomic E-state index is 0.0402. The lowest BCUT2D eigenvalue weighted by Gasteiger charge is -2.32. The van der Waals surface area contributed by atoms with Crippen molar-refractivity contribution in [2.75, 3.05) is 19.6 Å². The number of nitrogens with zero attached hydrogens (tertiary/aromatic N) is 3. The molecule has 1 aromatic heterocycles. The van der Waals surface area contributed by atoms with Crippen LogP contribution in [0.2, 0.25) is 0 Å². The molecule has 4 amide bonds. The van der Waals surface area contributed by atoms with E-state index >= 15 is 0 Å². The Hall–Kier alpha value is -2.38. The topological polar surface area (TPSA) is 98.4 Å². The number of amides is 4. The number of rotatable bonds is 5. The van der Waals surface area contributed by atoms with Gasteiger partial charge in [-0.1, -0.05) is 6.92 Å². The lowest BCUT2D eigenvalue weighted by Crippen LogP contribution is -2.42. The number of H-pyrrole nitrogens is 1. The van der Waals surface area contributed by atoms with E-state index in [9.17, 15) is 14.4 Å². The van der Waals surface area contributed by atoms with Crippen LogP contribution in [0.15, 0.2) is 6.20 Å². The molecule has 2 aliphatic heterocycles. The molecule has 0 saturated carbocycles. The number of nitrogens with one attached hydrogen (secondary N) is 2. The summed E-state index contributed by atoms with van der Waals surface area (Å²) in [7, 11) is 0. The molecule has 0 unspecified atom stereocenters. The maximum absolute atomic E-state index is 12.5. The highest BCUT2D eigenvalue weighted by atomic mass is 16.2. The quantitative estimate of drug-likeness (QED) is 0.781. The summed E-state index contributed by atoms with van der Waals surface area (Å²) in [4.78, 5) is 39.5. The molecule has 1 atom stereocenters. The van der Waals surface area contributed by atoms with Crippen LogP contribution in [-0.4, -0.2) is 63.5 Å². The van der Waals surface area contributed by atoms with Crippen LogP contribution in [0, 0.1) is 6.92 Å². The molecule has 2 aliphatic rings. The zero-order valence-electron chi connectivity index (χ0n) is 14.7. The van der Waals surface area contributed by atoms with Crippen LogP contribution in [0.1, 0.15) is 49.8 Å². The summed E-state index contributed by atoms with van der Waals surface area (Å²) < 4.78 is 0. The van der Waals surface area contributed by atoms with E-state index in [0.29, 0.717) is 32.0 Å². The number of aromatic amines is 1. The Kier molecular flexibility index (Phi) is 5.06. The number of hydrogen-bond acceptors (Lipinski definition) is 4. The summed E-state index contributed by atoms with van der Waals surface area (Å²) in [5, 5.41) is 9.75. The maximum Gasteiger partial charge on any atom is 0.324 e. The Balaban J connectivity index is 1.52. The van der Waals surface area contributed by atoms with Crippen LogP contribution in [0.4, 0.5) is 4.79 Å². The van der Waals surface area contributed by atoms with Gasteiger partial charge in [0.15, 0.2) is 0 Å². The van der Waals surface area contributed by atoms with Crippen LogP contribution in [-0.2, 0) is 9.59 Å². The van der Waals surface area contributed by atoms with Gasteiger partial charge in [0.1, 0.15) is 6.04 Å². The normalized spacial score (nSPS) is 21.8. The molecule has 0 bridgehead atoms. The highest BCUT2D eigenvalue weighted by Gasteiger charge is 2.39. The molecular formula is C17H25N5O3. The first-order chi connectivity index (χ1) is 12.0. The largest absolute Gasteiger partial charge is 0.343 e. The van der Waals surface area contributed by atoms with Gasteiger partial charge in [-0.2, -0.15) is 5.10 Å². The summed E-state index contributed by atoms with van der Waals surface area (Å²) in [6, 6.07) is -1.11. The van der Waals surface area contributed by atoms with Crippen LogP contribution in [0.5, 0.6) is 0 Å². The Morgan fingerprint density at radius 2 is 2.04 bits per heavy atom. The van der Waals surface area contributed by atoms with Crippen molar-refractivity contribution in [1.82, 2.24) is 25.3 Å². The molecule has 8 nitrogen and oxygen atoms in total. The molecule has 0 spiro atoms. The van der Waals surface area contributed by atoms with Crippen LogP contribution < -0.4 is 5.32 Å². The molecule has 3 heterocycles. The second kappa shape index (κ2) is 7.25. The second-order valence-corrected chi connectivity index (χ2v) is 6.82. The van der Waals surface area contributed by atoms with E-state index in [0.717, 1.165) is 24.1 Å². The average molecular weight is 347 g/mol. The Morgan fingerprint density at radius 1 is 1.32 bits per heavy atom. The van der Waals surface area contributed by atoms with Crippen molar-refractivity contribution in [2.24, 2.45) is 0 Å². The molecular weight excluding hydrogens is 322 g/mol. The number of carbonyl (C=O) groups is 3. The van der Waals surface area contributed by atoms with Crippen molar-refractivity contribution >= 4 is 17.8 Å². The summed E-state index contributed by atoms with van der Waals surface area (Å²) >= 11 is 0. The zero-order valence-corrected chi connectivity index (χ0v) is 14.7. The number of imide groups is 1. The number of likely N-dealkylation sites (tertiary alicyclic amines) is 1. The van der Waals surface area contributed by atoms with E-state index in [1.807, 2.05) is 20.0 Å².